The molecule has 37 heavy (non-hydrogen) atoms. The summed E-state index contributed by atoms with van der Waals surface area (Å²) in [4.78, 5) is 9.50. The van der Waals surface area contributed by atoms with Crippen LogP contribution >= 0.6 is 11.3 Å². The number of hydrogen-bond acceptors (Lipinski definition) is 8. The Hall–Kier alpha value is -3.98. The molecule has 2 aromatic carbocycles. The molecule has 7 nitrogen and oxygen atoms in total. The molecule has 5 rings (SSSR count). The highest BCUT2D eigenvalue weighted by Crippen LogP contribution is 2.36. The molecule has 1 aliphatic rings. The van der Waals surface area contributed by atoms with Crippen molar-refractivity contribution in [1.29, 1.82) is 10.5 Å². The highest BCUT2D eigenvalue weighted by Gasteiger charge is 2.22. The average Bonchev–Trinajstić information content (AvgIpc) is 3.39. The summed E-state index contributed by atoms with van der Waals surface area (Å²) in [5.41, 5.74) is 5.12. The topological polar surface area (TPSA) is 107 Å². The van der Waals surface area contributed by atoms with Gasteiger partial charge in [-0.15, -0.1) is 11.3 Å². The Balaban J connectivity index is 1.24. The highest BCUT2D eigenvalue weighted by atomic mass is 32.1. The molecule has 4 aromatic rings. The summed E-state index contributed by atoms with van der Waals surface area (Å²) in [5.74, 6) is 1.84. The Morgan fingerprint density at radius 3 is 2.41 bits per heavy atom. The van der Waals surface area contributed by atoms with Crippen LogP contribution in [0.25, 0.3) is 10.2 Å². The third-order valence-corrected chi connectivity index (χ3v) is 7.66. The molecule has 0 atom stereocenters. The zero-order chi connectivity index (χ0) is 25.8. The molecule has 186 valence electrons. The molecule has 0 radical (unpaired) electrons. The first kappa shape index (κ1) is 24.7. The first-order valence-electron chi connectivity index (χ1n) is 12.5. The van der Waals surface area contributed by atoms with E-state index in [1.807, 2.05) is 55.6 Å². The number of hydrogen-bond donors (Lipinski definition) is 2. The number of ether oxygens (including phenoxy) is 1. The number of fused-ring (bicyclic) bond motifs is 1. The van der Waals surface area contributed by atoms with Gasteiger partial charge in [0.15, 0.2) is 0 Å². The summed E-state index contributed by atoms with van der Waals surface area (Å²) in [6, 6.07) is 18.6. The molecule has 0 amide bonds. The van der Waals surface area contributed by atoms with E-state index in [1.165, 1.54) is 0 Å². The summed E-state index contributed by atoms with van der Waals surface area (Å²) < 4.78 is 7.23. The van der Waals surface area contributed by atoms with E-state index in [2.05, 4.69) is 28.8 Å². The third-order valence-electron chi connectivity index (χ3n) is 6.77. The molecule has 0 unspecified atom stereocenters. The van der Waals surface area contributed by atoms with Crippen molar-refractivity contribution >= 4 is 27.5 Å². The number of benzene rings is 2. The van der Waals surface area contributed by atoms with E-state index in [0.29, 0.717) is 35.0 Å². The van der Waals surface area contributed by atoms with Gasteiger partial charge in [0.2, 0.25) is 11.8 Å². The number of thiophene rings is 1. The van der Waals surface area contributed by atoms with Gasteiger partial charge in [-0.1, -0.05) is 12.1 Å². The van der Waals surface area contributed by atoms with Gasteiger partial charge in [0, 0.05) is 18.6 Å². The number of nitriles is 2. The Bertz CT molecular complexity index is 1480. The van der Waals surface area contributed by atoms with E-state index in [9.17, 15) is 5.26 Å². The second-order valence-corrected chi connectivity index (χ2v) is 10.4. The second-order valence-electron chi connectivity index (χ2n) is 9.53. The van der Waals surface area contributed by atoms with Gasteiger partial charge in [-0.25, -0.2) is 4.98 Å². The lowest BCUT2D eigenvalue weighted by Gasteiger charge is -2.30. The molecule has 2 aromatic heterocycles. The smallest absolute Gasteiger partial charge is 0.242 e. The van der Waals surface area contributed by atoms with Gasteiger partial charge < -0.3 is 15.4 Å². The van der Waals surface area contributed by atoms with Crippen LogP contribution in [0, 0.1) is 36.5 Å². The summed E-state index contributed by atoms with van der Waals surface area (Å²) in [6.45, 7) is 4.66. The highest BCUT2D eigenvalue weighted by molar-refractivity contribution is 7.17. The van der Waals surface area contributed by atoms with Gasteiger partial charge in [-0.05, 0) is 91.9 Å². The van der Waals surface area contributed by atoms with Gasteiger partial charge in [0.05, 0.1) is 28.8 Å². The van der Waals surface area contributed by atoms with Gasteiger partial charge >= 0.3 is 0 Å². The van der Waals surface area contributed by atoms with Crippen LogP contribution in [-0.4, -0.2) is 22.1 Å². The van der Waals surface area contributed by atoms with Crippen molar-refractivity contribution < 1.29 is 4.74 Å². The first-order chi connectivity index (χ1) is 18.0. The number of anilines is 1. The zero-order valence-corrected chi connectivity index (χ0v) is 21.7. The van der Waals surface area contributed by atoms with E-state index in [0.717, 1.165) is 64.9 Å². The minimum atomic E-state index is 0.294. The van der Waals surface area contributed by atoms with E-state index in [4.69, 9.17) is 20.0 Å². The van der Waals surface area contributed by atoms with Gasteiger partial charge in [0.25, 0.3) is 0 Å². The zero-order valence-electron chi connectivity index (χ0n) is 20.9. The predicted molar refractivity (Wildman–Crippen MR) is 146 cm³/mol. The van der Waals surface area contributed by atoms with Gasteiger partial charge in [0.1, 0.15) is 10.4 Å². The molecule has 0 bridgehead atoms. The third kappa shape index (κ3) is 5.72. The van der Waals surface area contributed by atoms with Crippen molar-refractivity contribution in [3.8, 4) is 23.8 Å². The lowest BCUT2D eigenvalue weighted by atomic mass is 9.91. The summed E-state index contributed by atoms with van der Waals surface area (Å²) in [7, 11) is 0. The summed E-state index contributed by atoms with van der Waals surface area (Å²) in [5, 5.41) is 27.5. The monoisotopic (exact) mass is 508 g/mol. The van der Waals surface area contributed by atoms with E-state index < -0.39 is 0 Å². The van der Waals surface area contributed by atoms with Gasteiger partial charge in [-0.3, -0.25) is 0 Å². The van der Waals surface area contributed by atoms with Crippen molar-refractivity contribution in [3.05, 3.63) is 75.7 Å². The summed E-state index contributed by atoms with van der Waals surface area (Å²) in [6.07, 6.45) is 4.16. The van der Waals surface area contributed by atoms with E-state index in [-0.39, 0.29) is 0 Å². The van der Waals surface area contributed by atoms with Crippen LogP contribution in [0.4, 0.5) is 5.95 Å². The van der Waals surface area contributed by atoms with E-state index in [1.54, 1.807) is 11.3 Å². The Morgan fingerprint density at radius 1 is 0.946 bits per heavy atom. The molecule has 0 aliphatic heterocycles. The molecule has 0 spiro atoms. The van der Waals surface area contributed by atoms with E-state index >= 15 is 0 Å². The molecule has 2 heterocycles. The maximum atomic E-state index is 9.26. The number of nitrogens with zero attached hydrogens (tertiary/aromatic N) is 4. The predicted octanol–water partition coefficient (Wildman–Crippen LogP) is 6.36. The second kappa shape index (κ2) is 11.0. The fraction of sp³-hybridized carbons (Fsp3) is 0.310. The first-order valence-corrected chi connectivity index (χ1v) is 13.3. The van der Waals surface area contributed by atoms with Crippen LogP contribution < -0.4 is 15.4 Å². The Kier molecular flexibility index (Phi) is 7.32. The largest absolute Gasteiger partial charge is 0.437 e. The fourth-order valence-corrected chi connectivity index (χ4v) is 5.64. The molecule has 8 heteroatoms. The van der Waals surface area contributed by atoms with Gasteiger partial charge in [-0.2, -0.15) is 15.5 Å². The van der Waals surface area contributed by atoms with Crippen LogP contribution in [0.3, 0.4) is 0 Å². The Labute approximate surface area is 220 Å². The van der Waals surface area contributed by atoms with Crippen LogP contribution in [0.15, 0.2) is 47.8 Å². The van der Waals surface area contributed by atoms with Crippen LogP contribution in [0.1, 0.15) is 53.5 Å². The fourth-order valence-electron chi connectivity index (χ4n) is 4.88. The number of rotatable bonds is 7. The normalized spacial score (nSPS) is 17.2. The maximum absolute atomic E-state index is 9.26. The van der Waals surface area contributed by atoms with Crippen molar-refractivity contribution in [1.82, 2.24) is 15.3 Å². The quantitative estimate of drug-likeness (QED) is 0.299. The minimum absolute atomic E-state index is 0.294. The molecule has 1 aliphatic carbocycles. The molecular formula is C29H28N6OS. The van der Waals surface area contributed by atoms with Crippen LogP contribution in [0.5, 0.6) is 11.6 Å². The van der Waals surface area contributed by atoms with Crippen molar-refractivity contribution in [2.75, 3.05) is 5.32 Å². The lowest BCUT2D eigenvalue weighted by molar-refractivity contribution is 0.352. The summed E-state index contributed by atoms with van der Waals surface area (Å²) >= 11 is 1.56. The SMILES string of the molecule is Cc1cc(C#N)cc(C)c1Oc1nc(NC2CCC(NCc3cccc(C#N)c3)CC2)nc2ccsc12. The number of aryl methyl sites for hydroxylation is 2. The Morgan fingerprint density at radius 2 is 1.68 bits per heavy atom. The van der Waals surface area contributed by atoms with Crippen LogP contribution in [0.2, 0.25) is 0 Å². The molecule has 2 N–H and O–H groups in total. The van der Waals surface area contributed by atoms with Crippen LogP contribution in [-0.2, 0) is 6.54 Å². The minimum Gasteiger partial charge on any atom is -0.437 e. The van der Waals surface area contributed by atoms with Crippen molar-refractivity contribution in [2.24, 2.45) is 0 Å². The van der Waals surface area contributed by atoms with Crippen molar-refractivity contribution in [3.63, 3.8) is 0 Å². The molecular weight excluding hydrogens is 480 g/mol. The average molecular weight is 509 g/mol. The van der Waals surface area contributed by atoms with Crippen molar-refractivity contribution in [2.45, 2.75) is 58.2 Å². The molecule has 1 saturated carbocycles. The standard InChI is InChI=1S/C29H28N6OS/c1-18-12-22(16-31)13-19(2)26(18)36-28-27-25(10-11-37-27)34-29(35-28)33-24-8-6-23(7-9-24)32-17-21-5-3-4-20(14-21)15-30/h3-5,10-14,23-24,32H,6-9,17H2,1-2H3,(H,33,34,35). The molecule has 1 fully saturated rings. The number of nitrogens with one attached hydrogen (secondary N) is 2. The molecule has 0 saturated heterocycles. The maximum Gasteiger partial charge on any atom is 0.242 e. The number of aromatic nitrogens is 2. The lowest BCUT2D eigenvalue weighted by Crippen LogP contribution is -2.36.